The number of methoxy groups -OCH3 is 1. The zero-order valence-electron chi connectivity index (χ0n) is 13.8. The van der Waals surface area contributed by atoms with Gasteiger partial charge in [0.15, 0.2) is 11.8 Å². The van der Waals surface area contributed by atoms with Crippen molar-refractivity contribution in [2.45, 2.75) is 13.0 Å². The molecule has 2 N–H and O–H groups in total. The number of fused-ring (bicyclic) bond motifs is 1. The summed E-state index contributed by atoms with van der Waals surface area (Å²) in [7, 11) is 1.54. The second-order valence-corrected chi connectivity index (χ2v) is 5.39. The lowest BCUT2D eigenvalue weighted by atomic mass is 10.2. The van der Waals surface area contributed by atoms with Gasteiger partial charge in [0, 0.05) is 17.1 Å². The van der Waals surface area contributed by atoms with Gasteiger partial charge < -0.3 is 14.8 Å². The van der Waals surface area contributed by atoms with Crippen LogP contribution in [0, 0.1) is 0 Å². The Morgan fingerprint density at radius 1 is 1.16 bits per heavy atom. The van der Waals surface area contributed by atoms with E-state index in [1.165, 1.54) is 6.92 Å². The summed E-state index contributed by atoms with van der Waals surface area (Å²) >= 11 is 0. The Hall–Kier alpha value is -3.35. The number of rotatable bonds is 5. The number of carbonyl (C=O) groups excluding carboxylic acids is 2. The molecule has 1 amide bonds. The van der Waals surface area contributed by atoms with E-state index in [1.807, 2.05) is 6.07 Å². The number of anilines is 1. The molecule has 3 aromatic rings. The van der Waals surface area contributed by atoms with Crippen LogP contribution in [0.4, 0.5) is 5.69 Å². The van der Waals surface area contributed by atoms with E-state index in [1.54, 1.807) is 49.6 Å². The molecule has 1 atom stereocenters. The molecule has 0 radical (unpaired) electrons. The summed E-state index contributed by atoms with van der Waals surface area (Å²) in [6, 6.07) is 14.1. The number of nitrogens with one attached hydrogen (secondary N) is 2. The monoisotopic (exact) mass is 339 g/mol. The van der Waals surface area contributed by atoms with Gasteiger partial charge >= 0.3 is 5.97 Å². The molecule has 0 spiro atoms. The van der Waals surface area contributed by atoms with Crippen molar-refractivity contribution in [3.63, 3.8) is 0 Å². The van der Waals surface area contributed by atoms with Crippen molar-refractivity contribution in [1.29, 1.82) is 0 Å². The molecule has 0 aliphatic carbocycles. The van der Waals surface area contributed by atoms with Crippen LogP contribution in [0.2, 0.25) is 0 Å². The molecule has 0 saturated carbocycles. The third-order valence-corrected chi connectivity index (χ3v) is 3.65. The van der Waals surface area contributed by atoms with Crippen LogP contribution in [-0.4, -0.2) is 35.3 Å². The SMILES string of the molecule is COc1cccc(NC(=O)[C@H](C)OC(=O)c2n[nH]c3ccccc23)c1. The normalized spacial score (nSPS) is 11.8. The van der Waals surface area contributed by atoms with Gasteiger partial charge in [-0.1, -0.05) is 24.3 Å². The first kappa shape index (κ1) is 16.5. The number of H-pyrrole nitrogens is 1. The maximum atomic E-state index is 12.3. The summed E-state index contributed by atoms with van der Waals surface area (Å²) in [6.45, 7) is 1.50. The number of nitrogens with zero attached hydrogens (tertiary/aromatic N) is 1. The molecular weight excluding hydrogens is 322 g/mol. The lowest BCUT2D eigenvalue weighted by Gasteiger charge is -2.13. The lowest BCUT2D eigenvalue weighted by molar-refractivity contribution is -0.123. The third-order valence-electron chi connectivity index (χ3n) is 3.65. The van der Waals surface area contributed by atoms with Crippen molar-refractivity contribution in [2.24, 2.45) is 0 Å². The maximum absolute atomic E-state index is 12.3. The minimum atomic E-state index is -0.978. The van der Waals surface area contributed by atoms with E-state index < -0.39 is 18.0 Å². The highest BCUT2D eigenvalue weighted by Crippen LogP contribution is 2.18. The minimum absolute atomic E-state index is 0.150. The summed E-state index contributed by atoms with van der Waals surface area (Å²) < 4.78 is 10.3. The molecule has 0 bridgehead atoms. The van der Waals surface area contributed by atoms with Gasteiger partial charge in [-0.2, -0.15) is 5.10 Å². The maximum Gasteiger partial charge on any atom is 0.360 e. The van der Waals surface area contributed by atoms with Crippen LogP contribution in [0.15, 0.2) is 48.5 Å². The van der Waals surface area contributed by atoms with Crippen molar-refractivity contribution in [3.05, 3.63) is 54.2 Å². The largest absolute Gasteiger partial charge is 0.497 e. The number of hydrogen-bond donors (Lipinski definition) is 2. The minimum Gasteiger partial charge on any atom is -0.497 e. The van der Waals surface area contributed by atoms with Gasteiger partial charge in [0.2, 0.25) is 0 Å². The van der Waals surface area contributed by atoms with Crippen LogP contribution in [0.1, 0.15) is 17.4 Å². The number of para-hydroxylation sites is 1. The number of hydrogen-bond acceptors (Lipinski definition) is 5. The van der Waals surface area contributed by atoms with Gasteiger partial charge in [0.05, 0.1) is 12.6 Å². The molecule has 25 heavy (non-hydrogen) atoms. The highest BCUT2D eigenvalue weighted by molar-refractivity contribution is 6.03. The van der Waals surface area contributed by atoms with Crippen molar-refractivity contribution in [3.8, 4) is 5.75 Å². The second kappa shape index (κ2) is 7.04. The highest BCUT2D eigenvalue weighted by Gasteiger charge is 2.22. The molecule has 7 nitrogen and oxygen atoms in total. The first-order chi connectivity index (χ1) is 12.1. The Morgan fingerprint density at radius 2 is 1.96 bits per heavy atom. The molecule has 1 aromatic heterocycles. The van der Waals surface area contributed by atoms with E-state index in [9.17, 15) is 9.59 Å². The number of esters is 1. The smallest absolute Gasteiger partial charge is 0.360 e. The standard InChI is InChI=1S/C18H17N3O4/c1-11(17(22)19-12-6-5-7-13(10-12)24-2)25-18(23)16-14-8-3-4-9-15(14)20-21-16/h3-11H,1-2H3,(H,19,22)(H,20,21)/t11-/m0/s1. The van der Waals surface area contributed by atoms with Crippen LogP contribution in [0.5, 0.6) is 5.75 Å². The molecule has 7 heteroatoms. The fourth-order valence-electron chi connectivity index (χ4n) is 2.33. The van der Waals surface area contributed by atoms with E-state index in [2.05, 4.69) is 15.5 Å². The van der Waals surface area contributed by atoms with Crippen molar-refractivity contribution < 1.29 is 19.1 Å². The third kappa shape index (κ3) is 3.60. The predicted molar refractivity (Wildman–Crippen MR) is 92.6 cm³/mol. The predicted octanol–water partition coefficient (Wildman–Crippen LogP) is 2.76. The first-order valence-corrected chi connectivity index (χ1v) is 7.67. The van der Waals surface area contributed by atoms with Crippen molar-refractivity contribution >= 4 is 28.5 Å². The van der Waals surface area contributed by atoms with E-state index >= 15 is 0 Å². The second-order valence-electron chi connectivity index (χ2n) is 5.39. The van der Waals surface area contributed by atoms with Gasteiger partial charge in [0.1, 0.15) is 5.75 Å². The zero-order valence-corrected chi connectivity index (χ0v) is 13.8. The van der Waals surface area contributed by atoms with E-state index in [0.717, 1.165) is 5.52 Å². The molecule has 128 valence electrons. The Morgan fingerprint density at radius 3 is 2.76 bits per heavy atom. The molecule has 1 heterocycles. The fraction of sp³-hybridized carbons (Fsp3) is 0.167. The van der Waals surface area contributed by atoms with Gasteiger partial charge in [-0.15, -0.1) is 0 Å². The van der Waals surface area contributed by atoms with Crippen LogP contribution in [0.25, 0.3) is 10.9 Å². The number of aromatic amines is 1. The summed E-state index contributed by atoms with van der Waals surface area (Å²) in [4.78, 5) is 24.5. The summed E-state index contributed by atoms with van der Waals surface area (Å²) in [6.07, 6.45) is -0.978. The van der Waals surface area contributed by atoms with Crippen LogP contribution in [0.3, 0.4) is 0 Å². The summed E-state index contributed by atoms with van der Waals surface area (Å²) in [5.41, 5.74) is 1.43. The summed E-state index contributed by atoms with van der Waals surface area (Å²) in [5.74, 6) is -0.488. The molecule has 0 unspecified atom stereocenters. The molecule has 0 fully saturated rings. The van der Waals surface area contributed by atoms with Crippen molar-refractivity contribution in [2.75, 3.05) is 12.4 Å². The Balaban J connectivity index is 1.67. The van der Waals surface area contributed by atoms with Crippen LogP contribution >= 0.6 is 0 Å². The van der Waals surface area contributed by atoms with E-state index in [-0.39, 0.29) is 5.69 Å². The average Bonchev–Trinajstić information content (AvgIpc) is 3.06. The quantitative estimate of drug-likeness (QED) is 0.697. The number of amides is 1. The number of carbonyl (C=O) groups is 2. The zero-order chi connectivity index (χ0) is 17.8. The van der Waals surface area contributed by atoms with Crippen LogP contribution < -0.4 is 10.1 Å². The molecular formula is C18H17N3O4. The van der Waals surface area contributed by atoms with Gasteiger partial charge in [0.25, 0.3) is 5.91 Å². The Labute approximate surface area is 143 Å². The van der Waals surface area contributed by atoms with Crippen molar-refractivity contribution in [1.82, 2.24) is 10.2 Å². The summed E-state index contributed by atoms with van der Waals surface area (Å²) in [5, 5.41) is 10.1. The highest BCUT2D eigenvalue weighted by atomic mass is 16.5. The molecule has 0 aliphatic heterocycles. The van der Waals surface area contributed by atoms with Gasteiger partial charge in [-0.25, -0.2) is 4.79 Å². The molecule has 0 aliphatic rings. The Bertz CT molecular complexity index is 919. The number of ether oxygens (including phenoxy) is 2. The lowest BCUT2D eigenvalue weighted by Crippen LogP contribution is -2.30. The number of benzene rings is 2. The average molecular weight is 339 g/mol. The van der Waals surface area contributed by atoms with E-state index in [4.69, 9.17) is 9.47 Å². The van der Waals surface area contributed by atoms with Crippen LogP contribution in [-0.2, 0) is 9.53 Å². The fourth-order valence-corrected chi connectivity index (χ4v) is 2.33. The number of aromatic nitrogens is 2. The molecule has 0 saturated heterocycles. The van der Waals surface area contributed by atoms with Gasteiger partial charge in [-0.05, 0) is 25.1 Å². The topological polar surface area (TPSA) is 93.3 Å². The van der Waals surface area contributed by atoms with Gasteiger partial charge in [-0.3, -0.25) is 9.89 Å². The molecule has 2 aromatic carbocycles. The van der Waals surface area contributed by atoms with E-state index in [0.29, 0.717) is 16.8 Å². The first-order valence-electron chi connectivity index (χ1n) is 7.67. The Kier molecular flexibility index (Phi) is 4.65. The molecule has 3 rings (SSSR count).